The standard InChI is InChI=1S/C11H17N3O3/c1-2-17-11(16)9-6-13-14-7-8(3-4-15)5-12-10(9)14/h6,8,12,15H,2-5,7H2,1H3. The number of hydrogen-bond acceptors (Lipinski definition) is 5. The Bertz CT molecular complexity index is 403. The normalized spacial score (nSPS) is 18.4. The first-order chi connectivity index (χ1) is 8.26. The molecule has 0 aromatic carbocycles. The van der Waals surface area contributed by atoms with Gasteiger partial charge in [-0.25, -0.2) is 9.48 Å². The van der Waals surface area contributed by atoms with E-state index in [9.17, 15) is 4.79 Å². The van der Waals surface area contributed by atoms with Crippen molar-refractivity contribution in [3.05, 3.63) is 11.8 Å². The minimum Gasteiger partial charge on any atom is -0.462 e. The van der Waals surface area contributed by atoms with Crippen molar-refractivity contribution in [2.75, 3.05) is 25.1 Å². The Hall–Kier alpha value is -1.56. The molecule has 0 aliphatic carbocycles. The van der Waals surface area contributed by atoms with Gasteiger partial charge in [0, 0.05) is 19.7 Å². The van der Waals surface area contributed by atoms with Crippen LogP contribution in [0, 0.1) is 5.92 Å². The van der Waals surface area contributed by atoms with Gasteiger partial charge < -0.3 is 15.2 Å². The summed E-state index contributed by atoms with van der Waals surface area (Å²) in [5.41, 5.74) is 0.481. The van der Waals surface area contributed by atoms with Crippen LogP contribution in [-0.4, -0.2) is 40.6 Å². The van der Waals surface area contributed by atoms with Crippen LogP contribution in [0.1, 0.15) is 23.7 Å². The zero-order valence-electron chi connectivity index (χ0n) is 9.85. The second kappa shape index (κ2) is 5.18. The first-order valence-corrected chi connectivity index (χ1v) is 5.84. The van der Waals surface area contributed by atoms with Crippen molar-refractivity contribution in [1.82, 2.24) is 9.78 Å². The van der Waals surface area contributed by atoms with Gasteiger partial charge in [-0.3, -0.25) is 0 Å². The third-order valence-electron chi connectivity index (χ3n) is 2.86. The third kappa shape index (κ3) is 2.41. The zero-order chi connectivity index (χ0) is 12.3. The molecule has 0 bridgehead atoms. The fourth-order valence-electron chi connectivity index (χ4n) is 1.99. The highest BCUT2D eigenvalue weighted by molar-refractivity contribution is 5.94. The molecule has 1 atom stereocenters. The van der Waals surface area contributed by atoms with Gasteiger partial charge in [0.15, 0.2) is 0 Å². The van der Waals surface area contributed by atoms with Crippen molar-refractivity contribution in [2.24, 2.45) is 5.92 Å². The Morgan fingerprint density at radius 1 is 1.76 bits per heavy atom. The van der Waals surface area contributed by atoms with Crippen molar-refractivity contribution in [2.45, 2.75) is 19.9 Å². The van der Waals surface area contributed by atoms with Crippen molar-refractivity contribution < 1.29 is 14.6 Å². The molecule has 6 nitrogen and oxygen atoms in total. The number of carbonyl (C=O) groups excluding carboxylic acids is 1. The molecule has 0 radical (unpaired) electrons. The van der Waals surface area contributed by atoms with Crippen LogP contribution in [0.4, 0.5) is 5.82 Å². The molecular weight excluding hydrogens is 222 g/mol. The van der Waals surface area contributed by atoms with E-state index in [-0.39, 0.29) is 12.6 Å². The number of esters is 1. The molecule has 6 heteroatoms. The molecule has 1 aromatic rings. The lowest BCUT2D eigenvalue weighted by molar-refractivity contribution is 0.0527. The SMILES string of the molecule is CCOC(=O)c1cnn2c1NCC(CCO)C2. The molecule has 0 fully saturated rings. The lowest BCUT2D eigenvalue weighted by Gasteiger charge is -2.24. The number of carbonyl (C=O) groups is 1. The number of hydrogen-bond donors (Lipinski definition) is 2. The number of nitrogens with one attached hydrogen (secondary N) is 1. The number of aromatic nitrogens is 2. The summed E-state index contributed by atoms with van der Waals surface area (Å²) in [6.07, 6.45) is 2.27. The maximum Gasteiger partial charge on any atom is 0.343 e. The first-order valence-electron chi connectivity index (χ1n) is 5.84. The van der Waals surface area contributed by atoms with Crippen LogP contribution >= 0.6 is 0 Å². The fraction of sp³-hybridized carbons (Fsp3) is 0.636. The number of fused-ring (bicyclic) bond motifs is 1. The van der Waals surface area contributed by atoms with E-state index in [1.54, 1.807) is 11.6 Å². The number of ether oxygens (including phenoxy) is 1. The Morgan fingerprint density at radius 2 is 2.59 bits per heavy atom. The van der Waals surface area contributed by atoms with Gasteiger partial charge in [0.1, 0.15) is 11.4 Å². The highest BCUT2D eigenvalue weighted by Gasteiger charge is 2.24. The molecule has 2 rings (SSSR count). The van der Waals surface area contributed by atoms with E-state index in [1.165, 1.54) is 6.20 Å². The van der Waals surface area contributed by atoms with Crippen molar-refractivity contribution >= 4 is 11.8 Å². The van der Waals surface area contributed by atoms with Crippen LogP contribution in [0.3, 0.4) is 0 Å². The maximum absolute atomic E-state index is 11.6. The van der Waals surface area contributed by atoms with Crippen molar-refractivity contribution in [3.8, 4) is 0 Å². The highest BCUT2D eigenvalue weighted by Crippen LogP contribution is 2.23. The Balaban J connectivity index is 2.12. The van der Waals surface area contributed by atoms with Gasteiger partial charge in [0.05, 0.1) is 12.8 Å². The third-order valence-corrected chi connectivity index (χ3v) is 2.86. The second-order valence-corrected chi connectivity index (χ2v) is 4.07. The molecule has 1 aliphatic heterocycles. The van der Waals surface area contributed by atoms with Gasteiger partial charge in [0.25, 0.3) is 0 Å². The maximum atomic E-state index is 11.6. The molecule has 2 N–H and O–H groups in total. The van der Waals surface area contributed by atoms with Gasteiger partial charge in [-0.15, -0.1) is 0 Å². The summed E-state index contributed by atoms with van der Waals surface area (Å²) < 4.78 is 6.71. The predicted octanol–water partition coefficient (Wildman–Crippen LogP) is 0.484. The highest BCUT2D eigenvalue weighted by atomic mass is 16.5. The number of aliphatic hydroxyl groups is 1. The van der Waals surface area contributed by atoms with E-state index in [0.717, 1.165) is 25.3 Å². The molecule has 17 heavy (non-hydrogen) atoms. The van der Waals surface area contributed by atoms with Gasteiger partial charge in [-0.2, -0.15) is 5.10 Å². The molecule has 94 valence electrons. The van der Waals surface area contributed by atoms with E-state index >= 15 is 0 Å². The Labute approximate surface area is 99.6 Å². The predicted molar refractivity (Wildman–Crippen MR) is 61.9 cm³/mol. The Kier molecular flexibility index (Phi) is 3.63. The summed E-state index contributed by atoms with van der Waals surface area (Å²) in [5.74, 6) is 0.724. The average molecular weight is 239 g/mol. The summed E-state index contributed by atoms with van der Waals surface area (Å²) in [6, 6.07) is 0. The Morgan fingerprint density at radius 3 is 3.29 bits per heavy atom. The average Bonchev–Trinajstić information content (AvgIpc) is 2.73. The molecular formula is C11H17N3O3. The van der Waals surface area contributed by atoms with Crippen LogP contribution in [0.2, 0.25) is 0 Å². The van der Waals surface area contributed by atoms with Gasteiger partial charge in [-0.05, 0) is 19.3 Å². The van der Waals surface area contributed by atoms with Crippen LogP contribution in [-0.2, 0) is 11.3 Å². The van der Waals surface area contributed by atoms with Crippen LogP contribution in [0.5, 0.6) is 0 Å². The molecule has 1 aromatic heterocycles. The number of anilines is 1. The lowest BCUT2D eigenvalue weighted by atomic mass is 10.0. The molecule has 0 saturated carbocycles. The molecule has 0 spiro atoms. The number of rotatable bonds is 4. The number of nitrogens with zero attached hydrogens (tertiary/aromatic N) is 2. The van der Waals surface area contributed by atoms with Crippen molar-refractivity contribution in [1.29, 1.82) is 0 Å². The minimum atomic E-state index is -0.346. The second-order valence-electron chi connectivity index (χ2n) is 4.07. The minimum absolute atomic E-state index is 0.174. The number of aliphatic hydroxyl groups excluding tert-OH is 1. The summed E-state index contributed by atoms with van der Waals surface area (Å²) in [5, 5.41) is 16.2. The monoisotopic (exact) mass is 239 g/mol. The fourth-order valence-corrected chi connectivity index (χ4v) is 1.99. The van der Waals surface area contributed by atoms with Crippen LogP contribution in [0.25, 0.3) is 0 Å². The lowest BCUT2D eigenvalue weighted by Crippen LogP contribution is -2.29. The summed E-state index contributed by atoms with van der Waals surface area (Å²) >= 11 is 0. The smallest absolute Gasteiger partial charge is 0.343 e. The van der Waals surface area contributed by atoms with Gasteiger partial charge in [0.2, 0.25) is 0 Å². The van der Waals surface area contributed by atoms with Crippen LogP contribution < -0.4 is 5.32 Å². The van der Waals surface area contributed by atoms with E-state index in [0.29, 0.717) is 18.1 Å². The first kappa shape index (κ1) is 11.9. The molecule has 0 amide bonds. The van der Waals surface area contributed by atoms with Gasteiger partial charge >= 0.3 is 5.97 Å². The quantitative estimate of drug-likeness (QED) is 0.747. The zero-order valence-corrected chi connectivity index (χ0v) is 9.85. The largest absolute Gasteiger partial charge is 0.462 e. The van der Waals surface area contributed by atoms with E-state index < -0.39 is 0 Å². The molecule has 1 aliphatic rings. The van der Waals surface area contributed by atoms with E-state index in [4.69, 9.17) is 9.84 Å². The van der Waals surface area contributed by atoms with E-state index in [2.05, 4.69) is 10.4 Å². The van der Waals surface area contributed by atoms with Crippen LogP contribution in [0.15, 0.2) is 6.20 Å². The van der Waals surface area contributed by atoms with Gasteiger partial charge in [-0.1, -0.05) is 0 Å². The van der Waals surface area contributed by atoms with E-state index in [1.807, 2.05) is 0 Å². The summed E-state index contributed by atoms with van der Waals surface area (Å²) in [7, 11) is 0. The molecule has 0 saturated heterocycles. The summed E-state index contributed by atoms with van der Waals surface area (Å²) in [6.45, 7) is 3.78. The summed E-state index contributed by atoms with van der Waals surface area (Å²) in [4.78, 5) is 11.6. The molecule has 2 heterocycles. The molecule has 1 unspecified atom stereocenters. The van der Waals surface area contributed by atoms with Crippen molar-refractivity contribution in [3.63, 3.8) is 0 Å². The topological polar surface area (TPSA) is 76.4 Å².